The SMILES string of the molecule is COc1cccc(N2CCN(C(C)C(=O)N3CC(C)OC(C)C3)CC2)c1.O=C(O)C(=O)O.O=C(O)C(=O)O. The van der Waals surface area contributed by atoms with E-state index < -0.39 is 23.9 Å². The summed E-state index contributed by atoms with van der Waals surface area (Å²) in [6.07, 6.45) is 0.222. The van der Waals surface area contributed by atoms with E-state index in [1.807, 2.05) is 37.8 Å². The van der Waals surface area contributed by atoms with E-state index in [-0.39, 0.29) is 24.2 Å². The van der Waals surface area contributed by atoms with Crippen LogP contribution in [0.4, 0.5) is 5.69 Å². The number of hydrogen-bond acceptors (Lipinski definition) is 9. The zero-order valence-electron chi connectivity index (χ0n) is 21.8. The molecule has 212 valence electrons. The number of carbonyl (C=O) groups excluding carboxylic acids is 1. The molecule has 1 aromatic carbocycles. The first-order chi connectivity index (χ1) is 17.8. The second kappa shape index (κ2) is 15.4. The Bertz CT molecular complexity index is 921. The number of piperazine rings is 1. The number of methoxy groups -OCH3 is 1. The van der Waals surface area contributed by atoms with E-state index in [2.05, 4.69) is 21.9 Å². The minimum atomic E-state index is -1.82. The molecule has 1 aromatic rings. The minimum absolute atomic E-state index is 0.0834. The van der Waals surface area contributed by atoms with Crippen molar-refractivity contribution in [1.82, 2.24) is 9.80 Å². The minimum Gasteiger partial charge on any atom is -0.497 e. The van der Waals surface area contributed by atoms with Crippen molar-refractivity contribution in [3.8, 4) is 5.75 Å². The molecule has 1 amide bonds. The van der Waals surface area contributed by atoms with Gasteiger partial charge in [-0.25, -0.2) is 19.2 Å². The molecule has 3 unspecified atom stereocenters. The normalized spacial score (nSPS) is 20.0. The van der Waals surface area contributed by atoms with Crippen molar-refractivity contribution < 1.29 is 53.9 Å². The summed E-state index contributed by atoms with van der Waals surface area (Å²) in [6, 6.07) is 8.09. The fourth-order valence-electron chi connectivity index (χ4n) is 3.95. The Morgan fingerprint density at radius 2 is 1.34 bits per heavy atom. The van der Waals surface area contributed by atoms with Crippen LogP contribution in [-0.4, -0.2) is 125 Å². The average Bonchev–Trinajstić information content (AvgIpc) is 2.88. The maximum atomic E-state index is 12.9. The Hall–Kier alpha value is -3.91. The van der Waals surface area contributed by atoms with E-state index >= 15 is 0 Å². The molecule has 2 aliphatic rings. The number of anilines is 1. The van der Waals surface area contributed by atoms with Crippen LogP contribution < -0.4 is 9.64 Å². The van der Waals surface area contributed by atoms with E-state index in [9.17, 15) is 4.79 Å². The van der Waals surface area contributed by atoms with Crippen molar-refractivity contribution in [2.45, 2.75) is 39.0 Å². The number of carbonyl (C=O) groups is 5. The van der Waals surface area contributed by atoms with E-state index in [1.165, 1.54) is 5.69 Å². The lowest BCUT2D eigenvalue weighted by molar-refractivity contribution is -0.159. The molecule has 0 aromatic heterocycles. The molecule has 0 saturated carbocycles. The Labute approximate surface area is 219 Å². The van der Waals surface area contributed by atoms with Crippen LogP contribution in [0.15, 0.2) is 24.3 Å². The third kappa shape index (κ3) is 10.6. The maximum absolute atomic E-state index is 12.9. The van der Waals surface area contributed by atoms with Gasteiger partial charge in [0.25, 0.3) is 0 Å². The molecule has 3 atom stereocenters. The summed E-state index contributed by atoms with van der Waals surface area (Å²) in [4.78, 5) is 55.9. The molecule has 14 heteroatoms. The van der Waals surface area contributed by atoms with Crippen LogP contribution >= 0.6 is 0 Å². The Kier molecular flexibility index (Phi) is 13.0. The van der Waals surface area contributed by atoms with Gasteiger partial charge in [-0.1, -0.05) is 6.07 Å². The molecule has 2 saturated heterocycles. The van der Waals surface area contributed by atoms with Crippen molar-refractivity contribution in [1.29, 1.82) is 0 Å². The molecule has 2 fully saturated rings. The molecule has 38 heavy (non-hydrogen) atoms. The molecule has 3 rings (SSSR count). The average molecular weight is 542 g/mol. The Morgan fingerprint density at radius 1 is 0.868 bits per heavy atom. The quantitative estimate of drug-likeness (QED) is 0.377. The third-order valence-electron chi connectivity index (χ3n) is 5.74. The van der Waals surface area contributed by atoms with Gasteiger partial charge in [0.15, 0.2) is 0 Å². The highest BCUT2D eigenvalue weighted by Gasteiger charge is 2.32. The second-order valence-corrected chi connectivity index (χ2v) is 8.62. The second-order valence-electron chi connectivity index (χ2n) is 8.62. The van der Waals surface area contributed by atoms with Crippen molar-refractivity contribution in [3.05, 3.63) is 24.3 Å². The van der Waals surface area contributed by atoms with E-state index in [0.717, 1.165) is 31.9 Å². The van der Waals surface area contributed by atoms with Crippen LogP contribution in [0.5, 0.6) is 5.75 Å². The summed E-state index contributed by atoms with van der Waals surface area (Å²) >= 11 is 0. The van der Waals surface area contributed by atoms with Gasteiger partial charge >= 0.3 is 23.9 Å². The van der Waals surface area contributed by atoms with Gasteiger partial charge in [0.05, 0.1) is 25.4 Å². The summed E-state index contributed by atoms with van der Waals surface area (Å²) in [5.74, 6) is -6.19. The number of aliphatic carboxylic acids is 4. The van der Waals surface area contributed by atoms with Crippen LogP contribution in [0.1, 0.15) is 20.8 Å². The fourth-order valence-corrected chi connectivity index (χ4v) is 3.95. The smallest absolute Gasteiger partial charge is 0.414 e. The predicted octanol–water partition coefficient (Wildman–Crippen LogP) is 0.153. The third-order valence-corrected chi connectivity index (χ3v) is 5.74. The number of ether oxygens (including phenoxy) is 2. The number of morpholine rings is 1. The number of amides is 1. The molecule has 2 heterocycles. The van der Waals surface area contributed by atoms with E-state index in [4.69, 9.17) is 49.1 Å². The van der Waals surface area contributed by atoms with Gasteiger partial charge < -0.3 is 39.7 Å². The van der Waals surface area contributed by atoms with Crippen LogP contribution in [-0.2, 0) is 28.7 Å². The van der Waals surface area contributed by atoms with Crippen molar-refractivity contribution in [3.63, 3.8) is 0 Å². The molecule has 2 aliphatic heterocycles. The number of hydrogen-bond donors (Lipinski definition) is 4. The first-order valence-corrected chi connectivity index (χ1v) is 11.8. The van der Waals surface area contributed by atoms with Gasteiger partial charge in [-0.3, -0.25) is 9.69 Å². The van der Waals surface area contributed by atoms with Crippen LogP contribution in [0.25, 0.3) is 0 Å². The highest BCUT2D eigenvalue weighted by Crippen LogP contribution is 2.23. The summed E-state index contributed by atoms with van der Waals surface area (Å²) < 4.78 is 11.1. The van der Waals surface area contributed by atoms with Crippen molar-refractivity contribution in [2.24, 2.45) is 0 Å². The highest BCUT2D eigenvalue weighted by molar-refractivity contribution is 6.27. The number of carboxylic acids is 4. The van der Waals surface area contributed by atoms with Crippen LogP contribution in [0.3, 0.4) is 0 Å². The van der Waals surface area contributed by atoms with Crippen molar-refractivity contribution in [2.75, 3.05) is 51.3 Å². The van der Waals surface area contributed by atoms with Gasteiger partial charge in [-0.15, -0.1) is 0 Å². The summed E-state index contributed by atoms with van der Waals surface area (Å²) in [7, 11) is 1.69. The Morgan fingerprint density at radius 3 is 1.76 bits per heavy atom. The fraction of sp³-hybridized carbons (Fsp3) is 0.542. The zero-order valence-corrected chi connectivity index (χ0v) is 21.8. The Balaban J connectivity index is 0.000000503. The first kappa shape index (κ1) is 32.1. The van der Waals surface area contributed by atoms with E-state index in [1.54, 1.807) is 7.11 Å². The molecule has 0 aliphatic carbocycles. The summed E-state index contributed by atoms with van der Waals surface area (Å²) in [5, 5.41) is 29.6. The molecule has 0 bridgehead atoms. The van der Waals surface area contributed by atoms with Gasteiger partial charge in [0.1, 0.15) is 5.75 Å². The van der Waals surface area contributed by atoms with Crippen LogP contribution in [0, 0.1) is 0 Å². The van der Waals surface area contributed by atoms with Crippen LogP contribution in [0.2, 0.25) is 0 Å². The molecule has 0 radical (unpaired) electrons. The predicted molar refractivity (Wildman–Crippen MR) is 133 cm³/mol. The molecule has 14 nitrogen and oxygen atoms in total. The molecule has 0 spiro atoms. The van der Waals surface area contributed by atoms with Crippen molar-refractivity contribution >= 4 is 35.5 Å². The lowest BCUT2D eigenvalue weighted by Gasteiger charge is -2.42. The number of benzene rings is 1. The lowest BCUT2D eigenvalue weighted by atomic mass is 10.1. The lowest BCUT2D eigenvalue weighted by Crippen LogP contribution is -2.57. The molecule has 4 N–H and O–H groups in total. The standard InChI is InChI=1S/C20H31N3O3.2C2H2O4/c1-15-13-23(14-16(2)26-15)20(24)17(3)21-8-10-22(11-9-21)18-6-5-7-19(12-18)25-4;2*3-1(4)2(5)6/h5-7,12,15-17H,8-11,13-14H2,1-4H3;2*(H,3,4)(H,5,6). The topological polar surface area (TPSA) is 194 Å². The maximum Gasteiger partial charge on any atom is 0.414 e. The zero-order chi connectivity index (χ0) is 29.0. The summed E-state index contributed by atoms with van der Waals surface area (Å²) in [6.45, 7) is 11.1. The monoisotopic (exact) mass is 541 g/mol. The molecular formula is C24H35N3O11. The largest absolute Gasteiger partial charge is 0.497 e. The molecular weight excluding hydrogens is 506 g/mol. The van der Waals surface area contributed by atoms with Gasteiger partial charge in [0, 0.05) is 51.0 Å². The van der Waals surface area contributed by atoms with E-state index in [0.29, 0.717) is 13.1 Å². The number of carboxylic acid groups (broad SMARTS) is 4. The van der Waals surface area contributed by atoms with Gasteiger partial charge in [-0.2, -0.15) is 0 Å². The number of nitrogens with zero attached hydrogens (tertiary/aromatic N) is 3. The first-order valence-electron chi connectivity index (χ1n) is 11.8. The number of rotatable bonds is 4. The van der Waals surface area contributed by atoms with Gasteiger partial charge in [-0.05, 0) is 32.9 Å². The highest BCUT2D eigenvalue weighted by atomic mass is 16.5. The summed E-state index contributed by atoms with van der Waals surface area (Å²) in [5.41, 5.74) is 1.18. The van der Waals surface area contributed by atoms with Gasteiger partial charge in [0.2, 0.25) is 5.91 Å².